The van der Waals surface area contributed by atoms with Gasteiger partial charge in [0, 0.05) is 60.4 Å². The molecular formula is C21H29BrN6. The molecule has 0 bridgehead atoms. The van der Waals surface area contributed by atoms with E-state index in [2.05, 4.69) is 60.9 Å². The summed E-state index contributed by atoms with van der Waals surface area (Å²) in [7, 11) is 4.03. The van der Waals surface area contributed by atoms with Crippen molar-refractivity contribution in [2.24, 2.45) is 16.6 Å². The summed E-state index contributed by atoms with van der Waals surface area (Å²) in [5.41, 5.74) is 9.12. The van der Waals surface area contributed by atoms with Gasteiger partial charge in [-0.1, -0.05) is 15.9 Å². The van der Waals surface area contributed by atoms with Crippen molar-refractivity contribution in [3.8, 4) is 0 Å². The standard InChI is InChI=1S/C21H29BrN6/c1-28(2)20-9-10-26-21(23,27-20)15-3-6-17(7-4-15)24-12-14-13-25-19-8-5-16(22)11-18(14)19/h5,8-11,13,15,17,24-25,27H,3-4,6-7,12,23H2,1-2H3. The summed E-state index contributed by atoms with van der Waals surface area (Å²) >= 11 is 3.57. The van der Waals surface area contributed by atoms with Crippen LogP contribution in [0.15, 0.2) is 45.8 Å². The summed E-state index contributed by atoms with van der Waals surface area (Å²) in [6, 6.07) is 6.88. The zero-order chi connectivity index (χ0) is 19.7. The van der Waals surface area contributed by atoms with E-state index in [0.29, 0.717) is 12.0 Å². The van der Waals surface area contributed by atoms with Gasteiger partial charge in [0.1, 0.15) is 5.82 Å². The number of hydrogen-bond acceptors (Lipinski definition) is 5. The van der Waals surface area contributed by atoms with Gasteiger partial charge in [0.05, 0.1) is 0 Å². The molecule has 1 atom stereocenters. The van der Waals surface area contributed by atoms with Crippen molar-refractivity contribution in [2.45, 2.75) is 44.1 Å². The fourth-order valence-electron chi connectivity index (χ4n) is 4.27. The number of aliphatic imine (C=N–C) groups is 1. The number of fused-ring (bicyclic) bond motifs is 1. The van der Waals surface area contributed by atoms with Crippen LogP contribution in [0.5, 0.6) is 0 Å². The molecule has 1 fully saturated rings. The second kappa shape index (κ2) is 7.89. The number of aromatic nitrogens is 1. The average molecular weight is 445 g/mol. The molecule has 1 saturated carbocycles. The van der Waals surface area contributed by atoms with Crippen LogP contribution in [0.25, 0.3) is 10.9 Å². The first-order valence-electron chi connectivity index (χ1n) is 9.93. The van der Waals surface area contributed by atoms with Crippen LogP contribution >= 0.6 is 15.9 Å². The molecule has 0 spiro atoms. The maximum atomic E-state index is 6.63. The highest BCUT2D eigenvalue weighted by atomic mass is 79.9. The highest BCUT2D eigenvalue weighted by Crippen LogP contribution is 2.33. The molecule has 7 heteroatoms. The van der Waals surface area contributed by atoms with Gasteiger partial charge in [0.15, 0.2) is 5.79 Å². The number of benzene rings is 1. The minimum absolute atomic E-state index is 0.342. The number of nitrogens with zero attached hydrogens (tertiary/aromatic N) is 2. The lowest BCUT2D eigenvalue weighted by Gasteiger charge is -2.42. The van der Waals surface area contributed by atoms with Crippen LogP contribution in [0.2, 0.25) is 0 Å². The SMILES string of the molecule is CN(C)C1=CC=NC(N)(C2CCC(NCc3c[nH]c4ccc(Br)cc34)CC2)N1. The van der Waals surface area contributed by atoms with Crippen molar-refractivity contribution in [1.29, 1.82) is 0 Å². The third kappa shape index (κ3) is 3.97. The number of hydrogen-bond donors (Lipinski definition) is 4. The van der Waals surface area contributed by atoms with Crippen LogP contribution in [0.3, 0.4) is 0 Å². The predicted octanol–water partition coefficient (Wildman–Crippen LogP) is 3.27. The molecule has 0 saturated heterocycles. The number of nitrogens with one attached hydrogen (secondary N) is 3. The van der Waals surface area contributed by atoms with Crippen LogP contribution in [0.1, 0.15) is 31.2 Å². The zero-order valence-corrected chi connectivity index (χ0v) is 18.1. The molecule has 150 valence electrons. The third-order valence-electron chi connectivity index (χ3n) is 5.99. The molecule has 28 heavy (non-hydrogen) atoms. The molecule has 2 aliphatic rings. The number of halogens is 1. The lowest BCUT2D eigenvalue weighted by atomic mass is 9.81. The molecule has 4 rings (SSSR count). The summed E-state index contributed by atoms with van der Waals surface area (Å²) in [5, 5.41) is 8.45. The number of allylic oxidation sites excluding steroid dienone is 1. The van der Waals surface area contributed by atoms with Crippen molar-refractivity contribution in [1.82, 2.24) is 20.5 Å². The van der Waals surface area contributed by atoms with Crippen molar-refractivity contribution in [2.75, 3.05) is 14.1 Å². The Bertz CT molecular complexity index is 893. The second-order valence-corrected chi connectivity index (χ2v) is 9.02. The first-order valence-corrected chi connectivity index (χ1v) is 10.7. The van der Waals surface area contributed by atoms with E-state index in [-0.39, 0.29) is 0 Å². The summed E-state index contributed by atoms with van der Waals surface area (Å²) in [6.07, 6.45) is 10.3. The Morgan fingerprint density at radius 2 is 2.07 bits per heavy atom. The van der Waals surface area contributed by atoms with Crippen LogP contribution in [0, 0.1) is 5.92 Å². The van der Waals surface area contributed by atoms with E-state index in [1.807, 2.05) is 31.3 Å². The van der Waals surface area contributed by atoms with Gasteiger partial charge in [-0.25, -0.2) is 0 Å². The van der Waals surface area contributed by atoms with E-state index in [1.165, 1.54) is 16.5 Å². The predicted molar refractivity (Wildman–Crippen MR) is 119 cm³/mol. The highest BCUT2D eigenvalue weighted by molar-refractivity contribution is 9.10. The van der Waals surface area contributed by atoms with Gasteiger partial charge in [-0.2, -0.15) is 0 Å². The number of rotatable bonds is 5. The maximum absolute atomic E-state index is 6.63. The molecule has 1 aromatic heterocycles. The number of H-pyrrole nitrogens is 1. The van der Waals surface area contributed by atoms with Gasteiger partial charge in [-0.15, -0.1) is 0 Å². The highest BCUT2D eigenvalue weighted by Gasteiger charge is 2.38. The Kier molecular flexibility index (Phi) is 5.49. The van der Waals surface area contributed by atoms with Gasteiger partial charge in [0.25, 0.3) is 0 Å². The van der Waals surface area contributed by atoms with Crippen LogP contribution in [0.4, 0.5) is 0 Å². The Morgan fingerprint density at radius 1 is 1.29 bits per heavy atom. The third-order valence-corrected chi connectivity index (χ3v) is 6.48. The number of nitrogens with two attached hydrogens (primary N) is 1. The van der Waals surface area contributed by atoms with Crippen molar-refractivity contribution in [3.63, 3.8) is 0 Å². The van der Waals surface area contributed by atoms with Gasteiger partial charge in [-0.3, -0.25) is 10.7 Å². The Labute approximate surface area is 174 Å². The quantitative estimate of drug-likeness (QED) is 0.570. The van der Waals surface area contributed by atoms with E-state index in [1.54, 1.807) is 0 Å². The minimum Gasteiger partial charge on any atom is -0.364 e. The van der Waals surface area contributed by atoms with E-state index < -0.39 is 5.79 Å². The molecule has 0 radical (unpaired) electrons. The fraction of sp³-hybridized carbons (Fsp3) is 0.476. The van der Waals surface area contributed by atoms with Gasteiger partial charge in [0.2, 0.25) is 0 Å². The van der Waals surface area contributed by atoms with Crippen molar-refractivity contribution >= 4 is 33.0 Å². The molecule has 2 heterocycles. The van der Waals surface area contributed by atoms with Crippen LogP contribution in [-0.4, -0.2) is 42.0 Å². The fourth-order valence-corrected chi connectivity index (χ4v) is 4.63. The van der Waals surface area contributed by atoms with Gasteiger partial charge < -0.3 is 20.5 Å². The molecule has 1 aliphatic carbocycles. The summed E-state index contributed by atoms with van der Waals surface area (Å²) in [5.74, 6) is 0.667. The maximum Gasteiger partial charge on any atom is 0.186 e. The minimum atomic E-state index is -0.692. The lowest BCUT2D eigenvalue weighted by molar-refractivity contribution is 0.155. The zero-order valence-electron chi connectivity index (χ0n) is 16.5. The van der Waals surface area contributed by atoms with E-state index in [0.717, 1.165) is 42.5 Å². The van der Waals surface area contributed by atoms with Crippen molar-refractivity contribution in [3.05, 3.63) is 46.3 Å². The van der Waals surface area contributed by atoms with E-state index in [9.17, 15) is 0 Å². The Hall–Kier alpha value is -1.83. The topological polar surface area (TPSA) is 81.5 Å². The number of aromatic amines is 1. The molecule has 1 aromatic carbocycles. The average Bonchev–Trinajstić information content (AvgIpc) is 3.09. The summed E-state index contributed by atoms with van der Waals surface area (Å²) in [4.78, 5) is 9.98. The van der Waals surface area contributed by atoms with Gasteiger partial charge in [-0.05, 0) is 55.5 Å². The molecule has 6 nitrogen and oxygen atoms in total. The molecule has 1 aliphatic heterocycles. The first kappa shape index (κ1) is 19.5. The lowest BCUT2D eigenvalue weighted by Crippen LogP contribution is -2.60. The largest absolute Gasteiger partial charge is 0.364 e. The van der Waals surface area contributed by atoms with Crippen LogP contribution < -0.4 is 16.4 Å². The monoisotopic (exact) mass is 444 g/mol. The summed E-state index contributed by atoms with van der Waals surface area (Å²) < 4.78 is 1.11. The van der Waals surface area contributed by atoms with Crippen LogP contribution in [-0.2, 0) is 6.54 Å². The molecule has 1 unspecified atom stereocenters. The first-order chi connectivity index (χ1) is 13.4. The van der Waals surface area contributed by atoms with Gasteiger partial charge >= 0.3 is 0 Å². The second-order valence-electron chi connectivity index (χ2n) is 8.11. The molecule has 2 aromatic rings. The van der Waals surface area contributed by atoms with Crippen molar-refractivity contribution < 1.29 is 0 Å². The Morgan fingerprint density at radius 3 is 2.82 bits per heavy atom. The Balaban J connectivity index is 1.33. The summed E-state index contributed by atoms with van der Waals surface area (Å²) in [6.45, 7) is 0.878. The molecule has 5 N–H and O–H groups in total. The molecular weight excluding hydrogens is 416 g/mol. The molecule has 0 amide bonds. The normalized spacial score (nSPS) is 27.5. The van der Waals surface area contributed by atoms with E-state index >= 15 is 0 Å². The van der Waals surface area contributed by atoms with E-state index in [4.69, 9.17) is 5.73 Å². The smallest absolute Gasteiger partial charge is 0.186 e.